The number of nitrogens with one attached hydrogen (secondary N) is 1. The van der Waals surface area contributed by atoms with Crippen molar-refractivity contribution in [3.05, 3.63) is 21.9 Å². The van der Waals surface area contributed by atoms with Crippen LogP contribution in [0.4, 0.5) is 0 Å². The SMILES string of the molecule is CNC(CC(C)OC)c1ccc(C)s1. The zero-order valence-electron chi connectivity index (χ0n) is 9.33. The zero-order valence-corrected chi connectivity index (χ0v) is 10.1. The van der Waals surface area contributed by atoms with E-state index >= 15 is 0 Å². The summed E-state index contributed by atoms with van der Waals surface area (Å²) in [6.07, 6.45) is 1.32. The average Bonchev–Trinajstić information content (AvgIpc) is 2.60. The largest absolute Gasteiger partial charge is 0.382 e. The van der Waals surface area contributed by atoms with Gasteiger partial charge in [0.05, 0.1) is 6.10 Å². The third kappa shape index (κ3) is 3.08. The van der Waals surface area contributed by atoms with E-state index in [0.717, 1.165) is 6.42 Å². The monoisotopic (exact) mass is 213 g/mol. The van der Waals surface area contributed by atoms with Gasteiger partial charge in [-0.05, 0) is 39.4 Å². The molecule has 0 radical (unpaired) electrons. The number of hydrogen-bond donors (Lipinski definition) is 1. The van der Waals surface area contributed by atoms with E-state index in [9.17, 15) is 0 Å². The van der Waals surface area contributed by atoms with Crippen molar-refractivity contribution in [1.29, 1.82) is 0 Å². The number of methoxy groups -OCH3 is 1. The second-order valence-corrected chi connectivity index (χ2v) is 4.89. The van der Waals surface area contributed by atoms with Crippen LogP contribution in [0.3, 0.4) is 0 Å². The van der Waals surface area contributed by atoms with Gasteiger partial charge in [0.2, 0.25) is 0 Å². The van der Waals surface area contributed by atoms with Crippen LogP contribution in [0.5, 0.6) is 0 Å². The molecular weight excluding hydrogens is 194 g/mol. The van der Waals surface area contributed by atoms with E-state index in [1.54, 1.807) is 7.11 Å². The van der Waals surface area contributed by atoms with E-state index in [-0.39, 0.29) is 0 Å². The second kappa shape index (κ2) is 5.49. The Balaban J connectivity index is 2.62. The van der Waals surface area contributed by atoms with E-state index < -0.39 is 0 Å². The van der Waals surface area contributed by atoms with Crippen molar-refractivity contribution in [3.63, 3.8) is 0 Å². The Bertz CT molecular complexity index is 272. The molecular formula is C11H19NOS. The summed E-state index contributed by atoms with van der Waals surface area (Å²) in [5.41, 5.74) is 0. The van der Waals surface area contributed by atoms with Gasteiger partial charge in [-0.2, -0.15) is 0 Å². The Kier molecular flexibility index (Phi) is 4.58. The first-order chi connectivity index (χ1) is 6.67. The maximum absolute atomic E-state index is 5.28. The summed E-state index contributed by atoms with van der Waals surface area (Å²) in [7, 11) is 3.76. The van der Waals surface area contributed by atoms with Gasteiger partial charge < -0.3 is 10.1 Å². The van der Waals surface area contributed by atoms with E-state index in [2.05, 4.69) is 31.3 Å². The third-order valence-electron chi connectivity index (χ3n) is 2.42. The van der Waals surface area contributed by atoms with E-state index in [4.69, 9.17) is 4.74 Å². The molecule has 0 fully saturated rings. The minimum absolute atomic E-state index is 0.301. The highest BCUT2D eigenvalue weighted by Gasteiger charge is 2.14. The van der Waals surface area contributed by atoms with Crippen molar-refractivity contribution in [2.75, 3.05) is 14.2 Å². The molecule has 2 unspecified atom stereocenters. The minimum atomic E-state index is 0.301. The van der Waals surface area contributed by atoms with Crippen LogP contribution in [0.15, 0.2) is 12.1 Å². The molecule has 0 spiro atoms. The number of hydrogen-bond acceptors (Lipinski definition) is 3. The third-order valence-corrected chi connectivity index (χ3v) is 3.54. The van der Waals surface area contributed by atoms with Crippen molar-refractivity contribution in [2.45, 2.75) is 32.4 Å². The average molecular weight is 213 g/mol. The first-order valence-corrected chi connectivity index (χ1v) is 5.75. The molecule has 2 nitrogen and oxygen atoms in total. The van der Waals surface area contributed by atoms with Crippen molar-refractivity contribution in [2.24, 2.45) is 0 Å². The maximum Gasteiger partial charge on any atom is 0.0561 e. The van der Waals surface area contributed by atoms with Crippen molar-refractivity contribution >= 4 is 11.3 Å². The highest BCUT2D eigenvalue weighted by Crippen LogP contribution is 2.26. The summed E-state index contributed by atoms with van der Waals surface area (Å²) in [5.74, 6) is 0. The lowest BCUT2D eigenvalue weighted by Crippen LogP contribution is -2.21. The van der Waals surface area contributed by atoms with Gasteiger partial charge in [-0.3, -0.25) is 0 Å². The molecule has 0 aromatic carbocycles. The number of thiophene rings is 1. The lowest BCUT2D eigenvalue weighted by atomic mass is 10.1. The van der Waals surface area contributed by atoms with Gasteiger partial charge in [0.15, 0.2) is 0 Å². The molecule has 14 heavy (non-hydrogen) atoms. The van der Waals surface area contributed by atoms with Crippen LogP contribution >= 0.6 is 11.3 Å². The van der Waals surface area contributed by atoms with Gasteiger partial charge in [0, 0.05) is 22.9 Å². The predicted octanol–water partition coefficient (Wildman–Crippen LogP) is 2.74. The Hall–Kier alpha value is -0.380. The fraction of sp³-hybridized carbons (Fsp3) is 0.636. The highest BCUT2D eigenvalue weighted by molar-refractivity contribution is 7.12. The topological polar surface area (TPSA) is 21.3 Å². The van der Waals surface area contributed by atoms with Crippen LogP contribution in [0.25, 0.3) is 0 Å². The number of rotatable bonds is 5. The van der Waals surface area contributed by atoms with Crippen LogP contribution in [-0.4, -0.2) is 20.3 Å². The van der Waals surface area contributed by atoms with Gasteiger partial charge >= 0.3 is 0 Å². The van der Waals surface area contributed by atoms with Crippen LogP contribution in [0.1, 0.15) is 29.1 Å². The van der Waals surface area contributed by atoms with Gasteiger partial charge in [0.25, 0.3) is 0 Å². The van der Waals surface area contributed by atoms with Crippen molar-refractivity contribution in [1.82, 2.24) is 5.32 Å². The first-order valence-electron chi connectivity index (χ1n) is 4.93. The fourth-order valence-electron chi connectivity index (χ4n) is 1.45. The van der Waals surface area contributed by atoms with E-state index in [1.807, 2.05) is 18.4 Å². The Labute approximate surface area is 90.3 Å². The maximum atomic E-state index is 5.28. The summed E-state index contributed by atoms with van der Waals surface area (Å²) in [4.78, 5) is 2.76. The predicted molar refractivity (Wildman–Crippen MR) is 61.9 cm³/mol. The molecule has 0 aliphatic rings. The summed E-state index contributed by atoms with van der Waals surface area (Å²) in [6, 6.07) is 4.79. The zero-order chi connectivity index (χ0) is 10.6. The van der Waals surface area contributed by atoms with Gasteiger partial charge in [0.1, 0.15) is 0 Å². The van der Waals surface area contributed by atoms with Crippen LogP contribution in [0, 0.1) is 6.92 Å². The van der Waals surface area contributed by atoms with Gasteiger partial charge in [-0.1, -0.05) is 0 Å². The van der Waals surface area contributed by atoms with Crippen LogP contribution in [0.2, 0.25) is 0 Å². The Morgan fingerprint density at radius 3 is 2.64 bits per heavy atom. The molecule has 1 rings (SSSR count). The number of aryl methyl sites for hydroxylation is 1. The Morgan fingerprint density at radius 1 is 1.50 bits per heavy atom. The molecule has 0 saturated carbocycles. The van der Waals surface area contributed by atoms with Crippen LogP contribution < -0.4 is 5.32 Å². The summed E-state index contributed by atoms with van der Waals surface area (Å²) < 4.78 is 5.28. The van der Waals surface area contributed by atoms with Crippen LogP contribution in [-0.2, 0) is 4.74 Å². The van der Waals surface area contributed by atoms with Gasteiger partial charge in [-0.15, -0.1) is 11.3 Å². The standard InChI is InChI=1S/C11H19NOS/c1-8(13-4)7-10(12-3)11-6-5-9(2)14-11/h5-6,8,10,12H,7H2,1-4H3. The lowest BCUT2D eigenvalue weighted by molar-refractivity contribution is 0.102. The first kappa shape index (κ1) is 11.7. The molecule has 0 saturated heterocycles. The summed E-state index contributed by atoms with van der Waals surface area (Å²) in [5, 5.41) is 3.33. The molecule has 1 aromatic heterocycles. The fourth-order valence-corrected chi connectivity index (χ4v) is 2.45. The molecule has 0 aliphatic carbocycles. The molecule has 1 heterocycles. The number of ether oxygens (including phenoxy) is 1. The Morgan fingerprint density at radius 2 is 2.21 bits per heavy atom. The molecule has 1 N–H and O–H groups in total. The molecule has 0 bridgehead atoms. The molecule has 0 amide bonds. The molecule has 80 valence electrons. The molecule has 2 atom stereocenters. The lowest BCUT2D eigenvalue weighted by Gasteiger charge is -2.18. The summed E-state index contributed by atoms with van der Waals surface area (Å²) >= 11 is 1.85. The normalized spacial score (nSPS) is 15.4. The summed E-state index contributed by atoms with van der Waals surface area (Å²) in [6.45, 7) is 4.24. The second-order valence-electron chi connectivity index (χ2n) is 3.57. The smallest absolute Gasteiger partial charge is 0.0561 e. The van der Waals surface area contributed by atoms with Crippen molar-refractivity contribution < 1.29 is 4.74 Å². The van der Waals surface area contributed by atoms with E-state index in [0.29, 0.717) is 12.1 Å². The molecule has 1 aromatic rings. The highest BCUT2D eigenvalue weighted by atomic mass is 32.1. The quantitative estimate of drug-likeness (QED) is 0.812. The van der Waals surface area contributed by atoms with Gasteiger partial charge in [-0.25, -0.2) is 0 Å². The van der Waals surface area contributed by atoms with Crippen molar-refractivity contribution in [3.8, 4) is 0 Å². The van der Waals surface area contributed by atoms with E-state index in [1.165, 1.54) is 9.75 Å². The minimum Gasteiger partial charge on any atom is -0.382 e. The molecule has 3 heteroatoms. The molecule has 0 aliphatic heterocycles.